The van der Waals surface area contributed by atoms with Crippen LogP contribution in [0.25, 0.3) is 0 Å². The van der Waals surface area contributed by atoms with E-state index >= 15 is 0 Å². The van der Waals surface area contributed by atoms with Crippen molar-refractivity contribution in [3.8, 4) is 0 Å². The van der Waals surface area contributed by atoms with E-state index in [0.29, 0.717) is 5.92 Å². The van der Waals surface area contributed by atoms with Crippen molar-refractivity contribution in [2.45, 2.75) is 12.3 Å². The highest BCUT2D eigenvalue weighted by Crippen LogP contribution is 2.29. The molecule has 2 aromatic rings. The normalized spacial score (nSPS) is 12.4. The molecule has 3 heteroatoms. The fraction of sp³-hybridized carbons (Fsp3) is 0.200. The number of halogens is 3. The number of alkyl halides is 1. The summed E-state index contributed by atoms with van der Waals surface area (Å²) in [6.07, 6.45) is 1.01. The predicted molar refractivity (Wildman–Crippen MR) is 90.9 cm³/mol. The number of benzene rings is 2. The van der Waals surface area contributed by atoms with Crippen LogP contribution in [0.4, 0.5) is 0 Å². The van der Waals surface area contributed by atoms with E-state index in [-0.39, 0.29) is 0 Å². The highest BCUT2D eigenvalue weighted by molar-refractivity contribution is 14.1. The Labute approximate surface area is 135 Å². The van der Waals surface area contributed by atoms with Crippen LogP contribution >= 0.6 is 50.1 Å². The van der Waals surface area contributed by atoms with Crippen molar-refractivity contribution in [1.29, 1.82) is 0 Å². The third-order valence-electron chi connectivity index (χ3n) is 2.93. The van der Waals surface area contributed by atoms with Crippen LogP contribution in [0.2, 0.25) is 5.02 Å². The van der Waals surface area contributed by atoms with Crippen LogP contribution in [0, 0.1) is 3.57 Å². The molecule has 0 fully saturated rings. The molecule has 0 saturated heterocycles. The molecular weight excluding hydrogens is 422 g/mol. The summed E-state index contributed by atoms with van der Waals surface area (Å²) in [6, 6.07) is 16.8. The molecular formula is C15H13BrClI. The van der Waals surface area contributed by atoms with Crippen LogP contribution in [0.3, 0.4) is 0 Å². The summed E-state index contributed by atoms with van der Waals surface area (Å²) in [5.41, 5.74) is 2.56. The molecule has 2 aromatic carbocycles. The summed E-state index contributed by atoms with van der Waals surface area (Å²) in [5, 5.41) is 1.77. The van der Waals surface area contributed by atoms with E-state index in [0.717, 1.165) is 16.8 Å². The van der Waals surface area contributed by atoms with Gasteiger partial charge in [-0.05, 0) is 64.3 Å². The summed E-state index contributed by atoms with van der Waals surface area (Å²) < 4.78 is 1.27. The van der Waals surface area contributed by atoms with Crippen molar-refractivity contribution in [3.05, 3.63) is 68.3 Å². The van der Waals surface area contributed by atoms with E-state index in [4.69, 9.17) is 11.6 Å². The molecule has 0 heterocycles. The van der Waals surface area contributed by atoms with Crippen molar-refractivity contribution < 1.29 is 0 Å². The van der Waals surface area contributed by atoms with Gasteiger partial charge in [-0.3, -0.25) is 0 Å². The first-order chi connectivity index (χ1) is 8.70. The molecule has 0 N–H and O–H groups in total. The van der Waals surface area contributed by atoms with Crippen molar-refractivity contribution in [3.63, 3.8) is 0 Å². The second-order valence-corrected chi connectivity index (χ2v) is 6.50. The Bertz CT molecular complexity index is 510. The minimum absolute atomic E-state index is 0.416. The lowest BCUT2D eigenvalue weighted by Crippen LogP contribution is -2.05. The zero-order valence-corrected chi connectivity index (χ0v) is 14.2. The molecule has 0 aliphatic rings. The van der Waals surface area contributed by atoms with E-state index in [1.165, 1.54) is 14.7 Å². The lowest BCUT2D eigenvalue weighted by atomic mass is 9.94. The van der Waals surface area contributed by atoms with E-state index < -0.39 is 0 Å². The van der Waals surface area contributed by atoms with Gasteiger partial charge in [0.15, 0.2) is 0 Å². The first-order valence-electron chi connectivity index (χ1n) is 5.75. The van der Waals surface area contributed by atoms with Gasteiger partial charge in [-0.15, -0.1) is 0 Å². The third kappa shape index (κ3) is 3.72. The number of hydrogen-bond acceptors (Lipinski definition) is 0. The summed E-state index contributed by atoms with van der Waals surface area (Å²) >= 11 is 12.2. The average Bonchev–Trinajstić information content (AvgIpc) is 2.39. The smallest absolute Gasteiger partial charge is 0.0441 e. The number of hydrogen-bond donors (Lipinski definition) is 0. The molecule has 1 atom stereocenters. The van der Waals surface area contributed by atoms with Gasteiger partial charge in [-0.1, -0.05) is 57.9 Å². The maximum Gasteiger partial charge on any atom is 0.0441 e. The van der Waals surface area contributed by atoms with Gasteiger partial charge in [-0.25, -0.2) is 0 Å². The van der Waals surface area contributed by atoms with Gasteiger partial charge in [0.25, 0.3) is 0 Å². The fourth-order valence-corrected chi connectivity index (χ4v) is 3.19. The molecule has 2 rings (SSSR count). The van der Waals surface area contributed by atoms with Crippen LogP contribution in [0.1, 0.15) is 17.0 Å². The summed E-state index contributed by atoms with van der Waals surface area (Å²) in [7, 11) is 0. The van der Waals surface area contributed by atoms with E-state index in [1.54, 1.807) is 0 Å². The van der Waals surface area contributed by atoms with E-state index in [9.17, 15) is 0 Å². The summed E-state index contributed by atoms with van der Waals surface area (Å²) in [5.74, 6) is 0.416. The van der Waals surface area contributed by atoms with Crippen molar-refractivity contribution in [2.24, 2.45) is 0 Å². The Morgan fingerprint density at radius 2 is 1.72 bits per heavy atom. The molecule has 0 aliphatic heterocycles. The molecule has 0 nitrogen and oxygen atoms in total. The van der Waals surface area contributed by atoms with E-state index in [1.807, 2.05) is 18.2 Å². The summed E-state index contributed by atoms with van der Waals surface area (Å²) in [6.45, 7) is 0. The first-order valence-corrected chi connectivity index (χ1v) is 8.33. The molecule has 0 amide bonds. The fourth-order valence-electron chi connectivity index (χ4n) is 1.96. The Balaban J connectivity index is 2.20. The van der Waals surface area contributed by atoms with E-state index in [2.05, 4.69) is 68.9 Å². The van der Waals surface area contributed by atoms with Gasteiger partial charge >= 0.3 is 0 Å². The third-order valence-corrected chi connectivity index (χ3v) is 4.77. The van der Waals surface area contributed by atoms with Gasteiger partial charge in [0, 0.05) is 13.9 Å². The minimum Gasteiger partial charge on any atom is -0.0921 e. The lowest BCUT2D eigenvalue weighted by molar-refractivity contribution is 0.776. The largest absolute Gasteiger partial charge is 0.0921 e. The second-order valence-electron chi connectivity index (χ2n) is 4.20. The first kappa shape index (κ1) is 14.4. The van der Waals surface area contributed by atoms with Gasteiger partial charge in [-0.2, -0.15) is 0 Å². The predicted octanol–water partition coefficient (Wildman–Crippen LogP) is 5.67. The Morgan fingerprint density at radius 1 is 1.06 bits per heavy atom. The highest BCUT2D eigenvalue weighted by Gasteiger charge is 2.13. The monoisotopic (exact) mass is 434 g/mol. The molecule has 18 heavy (non-hydrogen) atoms. The van der Waals surface area contributed by atoms with Crippen LogP contribution in [-0.4, -0.2) is 5.33 Å². The molecule has 0 aromatic heterocycles. The summed E-state index contributed by atoms with van der Waals surface area (Å²) in [4.78, 5) is 0. The van der Waals surface area contributed by atoms with Crippen molar-refractivity contribution in [1.82, 2.24) is 0 Å². The molecule has 0 saturated carbocycles. The standard InChI is InChI=1S/C15H13BrClI/c16-10-12(14-3-1-2-4-15(14)17)9-11-5-7-13(18)8-6-11/h1-8,12H,9-10H2. The quantitative estimate of drug-likeness (QED) is 0.429. The Hall–Kier alpha value is -0.0600. The Morgan fingerprint density at radius 3 is 2.33 bits per heavy atom. The van der Waals surface area contributed by atoms with Gasteiger partial charge in [0.05, 0.1) is 0 Å². The van der Waals surface area contributed by atoms with Gasteiger partial charge in [0.1, 0.15) is 0 Å². The second kappa shape index (κ2) is 6.92. The zero-order valence-electron chi connectivity index (χ0n) is 9.74. The topological polar surface area (TPSA) is 0 Å². The minimum atomic E-state index is 0.416. The molecule has 0 spiro atoms. The van der Waals surface area contributed by atoms with Crippen LogP contribution < -0.4 is 0 Å². The molecule has 1 unspecified atom stereocenters. The van der Waals surface area contributed by atoms with Gasteiger partial charge in [0.2, 0.25) is 0 Å². The van der Waals surface area contributed by atoms with Gasteiger partial charge < -0.3 is 0 Å². The lowest BCUT2D eigenvalue weighted by Gasteiger charge is -2.16. The molecule has 94 valence electrons. The molecule has 0 aliphatic carbocycles. The SMILES string of the molecule is Clc1ccccc1C(CBr)Cc1ccc(I)cc1. The molecule has 0 radical (unpaired) electrons. The van der Waals surface area contributed by atoms with Crippen LogP contribution in [0.15, 0.2) is 48.5 Å². The average molecular weight is 436 g/mol. The highest BCUT2D eigenvalue weighted by atomic mass is 127. The van der Waals surface area contributed by atoms with Crippen LogP contribution in [-0.2, 0) is 6.42 Å². The Kier molecular flexibility index (Phi) is 5.52. The maximum absolute atomic E-state index is 6.27. The zero-order chi connectivity index (χ0) is 13.0. The maximum atomic E-state index is 6.27. The van der Waals surface area contributed by atoms with Crippen LogP contribution in [0.5, 0.6) is 0 Å². The number of rotatable bonds is 4. The molecule has 0 bridgehead atoms. The van der Waals surface area contributed by atoms with Crippen molar-refractivity contribution in [2.75, 3.05) is 5.33 Å². The van der Waals surface area contributed by atoms with Crippen molar-refractivity contribution >= 4 is 50.1 Å².